The van der Waals surface area contributed by atoms with Gasteiger partial charge in [0.1, 0.15) is 18.6 Å². The van der Waals surface area contributed by atoms with E-state index < -0.39 is 0 Å². The van der Waals surface area contributed by atoms with E-state index in [4.69, 9.17) is 18.9 Å². The maximum atomic E-state index is 12.1. The lowest BCUT2D eigenvalue weighted by Crippen LogP contribution is -2.24. The number of nitrogens with zero attached hydrogens (tertiary/aromatic N) is 1. The Labute approximate surface area is 159 Å². The van der Waals surface area contributed by atoms with Crippen LogP contribution in [0.3, 0.4) is 0 Å². The van der Waals surface area contributed by atoms with Crippen molar-refractivity contribution in [3.8, 4) is 5.75 Å². The van der Waals surface area contributed by atoms with Crippen LogP contribution in [0.25, 0.3) is 0 Å². The molecule has 0 heterocycles. The van der Waals surface area contributed by atoms with Crippen LogP contribution in [0.15, 0.2) is 61.2 Å². The minimum Gasteiger partial charge on any atom is -0.467 e. The highest BCUT2D eigenvalue weighted by Gasteiger charge is 2.19. The first kappa shape index (κ1) is 20.6. The Morgan fingerprint density at radius 2 is 1.78 bits per heavy atom. The van der Waals surface area contributed by atoms with Gasteiger partial charge in [0.05, 0.1) is 0 Å². The molecule has 0 saturated carbocycles. The Morgan fingerprint density at radius 3 is 2.41 bits per heavy atom. The van der Waals surface area contributed by atoms with Gasteiger partial charge in [0.15, 0.2) is 6.79 Å². The molecule has 1 amide bonds. The van der Waals surface area contributed by atoms with Gasteiger partial charge in [-0.3, -0.25) is 4.79 Å². The van der Waals surface area contributed by atoms with Crippen LogP contribution in [0.1, 0.15) is 17.2 Å². The fourth-order valence-corrected chi connectivity index (χ4v) is 2.57. The SMILES string of the molecule is C=CC(=O)N(C)c1cc(OCOC)cc(C(OCOC)c2ccccc2)c1. The van der Waals surface area contributed by atoms with Gasteiger partial charge in [-0.15, -0.1) is 0 Å². The maximum absolute atomic E-state index is 12.1. The van der Waals surface area contributed by atoms with Crippen LogP contribution in [0.5, 0.6) is 5.75 Å². The number of benzene rings is 2. The van der Waals surface area contributed by atoms with Crippen molar-refractivity contribution >= 4 is 11.6 Å². The molecule has 0 aromatic heterocycles. The van der Waals surface area contributed by atoms with Crippen LogP contribution < -0.4 is 9.64 Å². The number of anilines is 1. The molecule has 0 spiro atoms. The van der Waals surface area contributed by atoms with Crippen molar-refractivity contribution in [1.29, 1.82) is 0 Å². The van der Waals surface area contributed by atoms with E-state index in [-0.39, 0.29) is 25.6 Å². The summed E-state index contributed by atoms with van der Waals surface area (Å²) < 4.78 is 21.6. The highest BCUT2D eigenvalue weighted by molar-refractivity contribution is 6.00. The number of amides is 1. The summed E-state index contributed by atoms with van der Waals surface area (Å²) in [7, 11) is 4.80. The van der Waals surface area contributed by atoms with Gasteiger partial charge in [0.25, 0.3) is 0 Å². The van der Waals surface area contributed by atoms with E-state index in [2.05, 4.69) is 6.58 Å². The molecule has 6 nitrogen and oxygen atoms in total. The van der Waals surface area contributed by atoms with Crippen molar-refractivity contribution in [2.45, 2.75) is 6.10 Å². The van der Waals surface area contributed by atoms with E-state index in [0.717, 1.165) is 11.1 Å². The van der Waals surface area contributed by atoms with E-state index >= 15 is 0 Å². The number of likely N-dealkylation sites (N-methyl/N-ethyl adjacent to an activating group) is 1. The van der Waals surface area contributed by atoms with Gasteiger partial charge in [-0.05, 0) is 29.3 Å². The highest BCUT2D eigenvalue weighted by Crippen LogP contribution is 2.33. The fourth-order valence-electron chi connectivity index (χ4n) is 2.57. The van der Waals surface area contributed by atoms with E-state index in [9.17, 15) is 4.79 Å². The summed E-state index contributed by atoms with van der Waals surface area (Å²) in [6.07, 6.45) is 0.876. The Hall–Kier alpha value is -2.67. The third-order valence-corrected chi connectivity index (χ3v) is 3.91. The summed E-state index contributed by atoms with van der Waals surface area (Å²) in [6, 6.07) is 15.3. The quantitative estimate of drug-likeness (QED) is 0.472. The zero-order valence-corrected chi connectivity index (χ0v) is 15.9. The second kappa shape index (κ2) is 10.5. The minimum absolute atomic E-state index is 0.0942. The zero-order valence-electron chi connectivity index (χ0n) is 15.9. The predicted molar refractivity (Wildman–Crippen MR) is 104 cm³/mol. The molecule has 2 aromatic rings. The Balaban J connectivity index is 2.49. The Bertz CT molecular complexity index is 747. The Kier molecular flexibility index (Phi) is 8.00. The standard InChI is InChI=1S/C21H25NO5/c1-5-20(23)22(2)18-11-17(12-19(13-18)26-14-24-3)21(27-15-25-4)16-9-7-6-8-10-16/h5-13,21H,1,14-15H2,2-4H3. The summed E-state index contributed by atoms with van der Waals surface area (Å²) in [5.74, 6) is 0.342. The third kappa shape index (κ3) is 5.65. The number of rotatable bonds is 10. The Morgan fingerprint density at radius 1 is 1.07 bits per heavy atom. The van der Waals surface area contributed by atoms with Crippen molar-refractivity contribution in [1.82, 2.24) is 0 Å². The second-order valence-corrected chi connectivity index (χ2v) is 5.78. The van der Waals surface area contributed by atoms with Crippen molar-refractivity contribution in [2.24, 2.45) is 0 Å². The van der Waals surface area contributed by atoms with Gasteiger partial charge >= 0.3 is 0 Å². The lowest BCUT2D eigenvalue weighted by molar-refractivity contribution is -0.113. The van der Waals surface area contributed by atoms with Crippen molar-refractivity contribution in [3.05, 3.63) is 72.3 Å². The van der Waals surface area contributed by atoms with Gasteiger partial charge in [-0.25, -0.2) is 0 Å². The molecule has 0 aliphatic carbocycles. The number of methoxy groups -OCH3 is 2. The molecule has 27 heavy (non-hydrogen) atoms. The van der Waals surface area contributed by atoms with E-state index in [1.165, 1.54) is 11.0 Å². The number of hydrogen-bond acceptors (Lipinski definition) is 5. The van der Waals surface area contributed by atoms with Gasteiger partial charge < -0.3 is 23.8 Å². The minimum atomic E-state index is -0.386. The largest absolute Gasteiger partial charge is 0.467 e. The number of carbonyl (C=O) groups excluding carboxylic acids is 1. The third-order valence-electron chi connectivity index (χ3n) is 3.91. The molecule has 2 aromatic carbocycles. The molecule has 0 saturated heterocycles. The highest BCUT2D eigenvalue weighted by atomic mass is 16.7. The molecular formula is C21H25NO5. The van der Waals surface area contributed by atoms with E-state index in [1.54, 1.807) is 27.3 Å². The topological polar surface area (TPSA) is 57.2 Å². The first-order valence-electron chi connectivity index (χ1n) is 8.43. The average molecular weight is 371 g/mol. The number of ether oxygens (including phenoxy) is 4. The van der Waals surface area contributed by atoms with E-state index in [1.807, 2.05) is 42.5 Å². The summed E-state index contributed by atoms with van der Waals surface area (Å²) in [5.41, 5.74) is 2.44. The molecule has 2 rings (SSSR count). The van der Waals surface area contributed by atoms with Gasteiger partial charge in [0.2, 0.25) is 5.91 Å². The van der Waals surface area contributed by atoms with Crippen LogP contribution in [0.4, 0.5) is 5.69 Å². The normalized spacial score (nSPS) is 11.7. The van der Waals surface area contributed by atoms with Crippen LogP contribution >= 0.6 is 0 Å². The van der Waals surface area contributed by atoms with Crippen molar-refractivity contribution in [3.63, 3.8) is 0 Å². The van der Waals surface area contributed by atoms with Crippen molar-refractivity contribution in [2.75, 3.05) is 39.8 Å². The molecule has 1 unspecified atom stereocenters. The molecule has 0 radical (unpaired) electrons. The van der Waals surface area contributed by atoms with E-state index in [0.29, 0.717) is 11.4 Å². The smallest absolute Gasteiger partial charge is 0.250 e. The zero-order chi connectivity index (χ0) is 19.6. The predicted octanol–water partition coefficient (Wildman–Crippen LogP) is 3.53. The van der Waals surface area contributed by atoms with Crippen molar-refractivity contribution < 1.29 is 23.7 Å². The molecule has 6 heteroatoms. The number of carbonyl (C=O) groups is 1. The fraction of sp³-hybridized carbons (Fsp3) is 0.286. The van der Waals surface area contributed by atoms with Crippen LogP contribution in [-0.2, 0) is 19.0 Å². The average Bonchev–Trinajstić information content (AvgIpc) is 2.72. The summed E-state index contributed by atoms with van der Waals surface area (Å²) >= 11 is 0. The summed E-state index contributed by atoms with van der Waals surface area (Å²) in [5, 5.41) is 0. The first-order chi connectivity index (χ1) is 13.1. The molecule has 144 valence electrons. The first-order valence-corrected chi connectivity index (χ1v) is 8.43. The molecule has 0 aliphatic rings. The van der Waals surface area contributed by atoms with Crippen LogP contribution in [-0.4, -0.2) is 40.8 Å². The molecule has 0 bridgehead atoms. The van der Waals surface area contributed by atoms with Gasteiger partial charge in [-0.2, -0.15) is 0 Å². The summed E-state index contributed by atoms with van der Waals surface area (Å²) in [4.78, 5) is 13.5. The lowest BCUT2D eigenvalue weighted by atomic mass is 10.00. The second-order valence-electron chi connectivity index (χ2n) is 5.78. The number of hydrogen-bond donors (Lipinski definition) is 0. The van der Waals surface area contributed by atoms with Crippen LogP contribution in [0, 0.1) is 0 Å². The maximum Gasteiger partial charge on any atom is 0.250 e. The molecule has 0 N–H and O–H groups in total. The summed E-state index contributed by atoms with van der Waals surface area (Å²) in [6.45, 7) is 3.76. The van der Waals surface area contributed by atoms with Crippen LogP contribution in [0.2, 0.25) is 0 Å². The molecule has 0 fully saturated rings. The lowest BCUT2D eigenvalue weighted by Gasteiger charge is -2.23. The van der Waals surface area contributed by atoms with Gasteiger partial charge in [-0.1, -0.05) is 36.9 Å². The molecular weight excluding hydrogens is 346 g/mol. The van der Waals surface area contributed by atoms with Gasteiger partial charge in [0, 0.05) is 33.0 Å². The molecule has 1 atom stereocenters. The monoisotopic (exact) mass is 371 g/mol. The molecule has 0 aliphatic heterocycles.